The zero-order chi connectivity index (χ0) is 10.4. The van der Waals surface area contributed by atoms with Gasteiger partial charge in [-0.15, -0.1) is 12.3 Å². The molecule has 0 amide bonds. The van der Waals surface area contributed by atoms with Gasteiger partial charge in [0.1, 0.15) is 0 Å². The summed E-state index contributed by atoms with van der Waals surface area (Å²) in [6.07, 6.45) is 8.58. The van der Waals surface area contributed by atoms with Crippen molar-refractivity contribution in [3.63, 3.8) is 0 Å². The molecule has 1 unspecified atom stereocenters. The summed E-state index contributed by atoms with van der Waals surface area (Å²) in [7, 11) is 0. The molecule has 0 aromatic heterocycles. The van der Waals surface area contributed by atoms with Crippen molar-refractivity contribution < 1.29 is 0 Å². The maximum atomic E-state index is 5.29. The van der Waals surface area contributed by atoms with Crippen LogP contribution >= 0.6 is 0 Å². The van der Waals surface area contributed by atoms with Crippen LogP contribution in [-0.2, 0) is 0 Å². The third-order valence-corrected chi connectivity index (χ3v) is 3.13. The summed E-state index contributed by atoms with van der Waals surface area (Å²) in [5.74, 6) is 2.72. The Hall–Kier alpha value is -0.520. The fourth-order valence-electron chi connectivity index (χ4n) is 1.97. The molecule has 2 heteroatoms. The van der Waals surface area contributed by atoms with Crippen molar-refractivity contribution in [1.29, 1.82) is 0 Å². The maximum Gasteiger partial charge on any atom is 0.0277 e. The van der Waals surface area contributed by atoms with Crippen LogP contribution in [0.5, 0.6) is 0 Å². The van der Waals surface area contributed by atoms with Gasteiger partial charge in [0.25, 0.3) is 0 Å². The number of rotatable bonds is 3. The first-order valence-corrected chi connectivity index (χ1v) is 5.61. The lowest BCUT2D eigenvalue weighted by molar-refractivity contribution is 0.219. The standard InChI is InChI=1S/C12H22N2/c1-4-6-9-14-10-7-8-13-12(3,5-2)11-14/h1,13H,5-11H2,2-3H3. The highest BCUT2D eigenvalue weighted by atomic mass is 15.2. The van der Waals surface area contributed by atoms with Crippen molar-refractivity contribution in [2.24, 2.45) is 0 Å². The van der Waals surface area contributed by atoms with E-state index in [0.29, 0.717) is 0 Å². The Morgan fingerprint density at radius 3 is 3.00 bits per heavy atom. The zero-order valence-corrected chi connectivity index (χ0v) is 9.47. The molecule has 1 aliphatic rings. The molecule has 0 aliphatic carbocycles. The van der Waals surface area contributed by atoms with E-state index in [1.807, 2.05) is 0 Å². The van der Waals surface area contributed by atoms with Crippen LogP contribution in [0.15, 0.2) is 0 Å². The molecule has 2 nitrogen and oxygen atoms in total. The summed E-state index contributed by atoms with van der Waals surface area (Å²) < 4.78 is 0. The van der Waals surface area contributed by atoms with Gasteiger partial charge in [-0.05, 0) is 32.9 Å². The van der Waals surface area contributed by atoms with Gasteiger partial charge in [-0.2, -0.15) is 0 Å². The smallest absolute Gasteiger partial charge is 0.0277 e. The molecule has 1 heterocycles. The molecule has 14 heavy (non-hydrogen) atoms. The molecule has 1 N–H and O–H groups in total. The van der Waals surface area contributed by atoms with Gasteiger partial charge in [0.05, 0.1) is 0 Å². The normalized spacial score (nSPS) is 29.5. The molecule has 1 atom stereocenters. The van der Waals surface area contributed by atoms with E-state index in [9.17, 15) is 0 Å². The van der Waals surface area contributed by atoms with Crippen LogP contribution in [0.4, 0.5) is 0 Å². The Morgan fingerprint density at radius 2 is 2.36 bits per heavy atom. The first-order valence-electron chi connectivity index (χ1n) is 5.61. The first-order chi connectivity index (χ1) is 6.70. The fourth-order valence-corrected chi connectivity index (χ4v) is 1.97. The summed E-state index contributed by atoms with van der Waals surface area (Å²) in [6, 6.07) is 0. The van der Waals surface area contributed by atoms with Crippen LogP contribution < -0.4 is 5.32 Å². The van der Waals surface area contributed by atoms with Crippen LogP contribution in [0.25, 0.3) is 0 Å². The Balaban J connectivity index is 2.47. The third-order valence-electron chi connectivity index (χ3n) is 3.13. The van der Waals surface area contributed by atoms with Crippen molar-refractivity contribution >= 4 is 0 Å². The van der Waals surface area contributed by atoms with Crippen molar-refractivity contribution in [2.45, 2.75) is 38.6 Å². The molecular weight excluding hydrogens is 172 g/mol. The highest BCUT2D eigenvalue weighted by Crippen LogP contribution is 2.14. The van der Waals surface area contributed by atoms with E-state index in [1.165, 1.54) is 19.4 Å². The van der Waals surface area contributed by atoms with E-state index in [2.05, 4.69) is 30.0 Å². The minimum absolute atomic E-state index is 0.283. The molecule has 0 aromatic rings. The predicted molar refractivity (Wildman–Crippen MR) is 61.2 cm³/mol. The molecule has 0 radical (unpaired) electrons. The van der Waals surface area contributed by atoms with Crippen molar-refractivity contribution in [1.82, 2.24) is 10.2 Å². The third kappa shape index (κ3) is 3.32. The minimum atomic E-state index is 0.283. The van der Waals surface area contributed by atoms with Crippen LogP contribution in [0.2, 0.25) is 0 Å². The van der Waals surface area contributed by atoms with Crippen molar-refractivity contribution in [3.05, 3.63) is 0 Å². The van der Waals surface area contributed by atoms with Crippen LogP contribution in [-0.4, -0.2) is 36.6 Å². The van der Waals surface area contributed by atoms with Gasteiger partial charge >= 0.3 is 0 Å². The minimum Gasteiger partial charge on any atom is -0.310 e. The Labute approximate surface area is 88.1 Å². The molecule has 80 valence electrons. The van der Waals surface area contributed by atoms with E-state index in [0.717, 1.165) is 26.1 Å². The lowest BCUT2D eigenvalue weighted by Gasteiger charge is -2.32. The Kier molecular flexibility index (Phi) is 4.44. The summed E-state index contributed by atoms with van der Waals surface area (Å²) in [6.45, 7) is 9.05. The second-order valence-corrected chi connectivity index (χ2v) is 4.42. The summed E-state index contributed by atoms with van der Waals surface area (Å²) in [5.41, 5.74) is 0.283. The Morgan fingerprint density at radius 1 is 1.57 bits per heavy atom. The molecule has 1 saturated heterocycles. The summed E-state index contributed by atoms with van der Waals surface area (Å²) >= 11 is 0. The molecule has 0 spiro atoms. The first kappa shape index (κ1) is 11.6. The number of terminal acetylenes is 1. The van der Waals surface area contributed by atoms with Crippen LogP contribution in [0, 0.1) is 12.3 Å². The summed E-state index contributed by atoms with van der Waals surface area (Å²) in [5, 5.41) is 3.62. The lowest BCUT2D eigenvalue weighted by Crippen LogP contribution is -2.48. The van der Waals surface area contributed by atoms with Crippen molar-refractivity contribution in [2.75, 3.05) is 26.2 Å². The topological polar surface area (TPSA) is 15.3 Å². The van der Waals surface area contributed by atoms with Gasteiger partial charge in [0, 0.05) is 25.0 Å². The quantitative estimate of drug-likeness (QED) is 0.685. The monoisotopic (exact) mass is 194 g/mol. The predicted octanol–water partition coefficient (Wildman–Crippen LogP) is 1.47. The average Bonchev–Trinajstić information content (AvgIpc) is 2.38. The summed E-state index contributed by atoms with van der Waals surface area (Å²) in [4.78, 5) is 2.49. The highest BCUT2D eigenvalue weighted by Gasteiger charge is 2.26. The molecular formula is C12H22N2. The van der Waals surface area contributed by atoms with Gasteiger partial charge in [0.15, 0.2) is 0 Å². The molecule has 1 rings (SSSR count). The van der Waals surface area contributed by atoms with E-state index in [4.69, 9.17) is 6.42 Å². The zero-order valence-electron chi connectivity index (χ0n) is 9.47. The van der Waals surface area contributed by atoms with Crippen LogP contribution in [0.3, 0.4) is 0 Å². The lowest BCUT2D eigenvalue weighted by atomic mass is 9.98. The number of nitrogens with one attached hydrogen (secondary N) is 1. The van der Waals surface area contributed by atoms with Gasteiger partial charge < -0.3 is 10.2 Å². The molecule has 1 fully saturated rings. The van der Waals surface area contributed by atoms with E-state index >= 15 is 0 Å². The second kappa shape index (κ2) is 5.38. The fraction of sp³-hybridized carbons (Fsp3) is 0.833. The number of nitrogens with zero attached hydrogens (tertiary/aromatic N) is 1. The van der Waals surface area contributed by atoms with Crippen molar-refractivity contribution in [3.8, 4) is 12.3 Å². The maximum absolute atomic E-state index is 5.29. The van der Waals surface area contributed by atoms with Crippen LogP contribution in [0.1, 0.15) is 33.1 Å². The largest absolute Gasteiger partial charge is 0.310 e. The second-order valence-electron chi connectivity index (χ2n) is 4.42. The number of hydrogen-bond donors (Lipinski definition) is 1. The molecule has 0 saturated carbocycles. The molecule has 0 aromatic carbocycles. The van der Waals surface area contributed by atoms with Gasteiger partial charge in [-0.25, -0.2) is 0 Å². The van der Waals surface area contributed by atoms with Gasteiger partial charge in [-0.1, -0.05) is 6.92 Å². The van der Waals surface area contributed by atoms with E-state index in [1.54, 1.807) is 0 Å². The average molecular weight is 194 g/mol. The van der Waals surface area contributed by atoms with Gasteiger partial charge in [0.2, 0.25) is 0 Å². The molecule has 0 bridgehead atoms. The SMILES string of the molecule is C#CCCN1CCCNC(C)(CC)C1. The molecule has 1 aliphatic heterocycles. The van der Waals surface area contributed by atoms with E-state index in [-0.39, 0.29) is 5.54 Å². The Bertz CT molecular complexity index is 207. The highest BCUT2D eigenvalue weighted by molar-refractivity contribution is 4.90. The number of hydrogen-bond acceptors (Lipinski definition) is 2. The van der Waals surface area contributed by atoms with Gasteiger partial charge in [-0.3, -0.25) is 0 Å². The van der Waals surface area contributed by atoms with E-state index < -0.39 is 0 Å².